The molecule has 2 bridgehead atoms. The molecule has 2 aromatic rings. The van der Waals surface area contributed by atoms with Crippen molar-refractivity contribution in [3.63, 3.8) is 0 Å². The molecule has 3 aliphatic rings. The Morgan fingerprint density at radius 3 is 2.88 bits per heavy atom. The Morgan fingerprint density at radius 2 is 2.12 bits per heavy atom. The number of nitrogens with zero attached hydrogens (tertiary/aromatic N) is 5. The summed E-state index contributed by atoms with van der Waals surface area (Å²) in [6.07, 6.45) is 7.84. The minimum Gasteiger partial charge on any atom is -0.336 e. The topological polar surface area (TPSA) is 54.3 Å². The number of piperidine rings is 1. The van der Waals surface area contributed by atoms with E-state index in [9.17, 15) is 4.79 Å². The van der Waals surface area contributed by atoms with Crippen LogP contribution in [-0.4, -0.2) is 56.1 Å². The summed E-state index contributed by atoms with van der Waals surface area (Å²) in [7, 11) is 0. The molecule has 6 heteroatoms. The fraction of sp³-hybridized carbons (Fsp3) is 0.526. The van der Waals surface area contributed by atoms with Gasteiger partial charge in [-0.15, -0.1) is 0 Å². The van der Waals surface area contributed by atoms with Gasteiger partial charge in [0.1, 0.15) is 6.54 Å². The molecule has 0 radical (unpaired) electrons. The van der Waals surface area contributed by atoms with Gasteiger partial charge in [0.2, 0.25) is 5.91 Å². The molecule has 2 aromatic heterocycles. The summed E-state index contributed by atoms with van der Waals surface area (Å²) in [6.45, 7) is 6.16. The van der Waals surface area contributed by atoms with Gasteiger partial charge in [-0.2, -0.15) is 5.10 Å². The SMILES string of the molecule is Cc1ccnn1CC(=O)N1C[C@@H]2CC[C@H]1CN(Cc1cccnc1)C2. The van der Waals surface area contributed by atoms with E-state index in [4.69, 9.17) is 0 Å². The van der Waals surface area contributed by atoms with Crippen LogP contribution in [0.4, 0.5) is 0 Å². The highest BCUT2D eigenvalue weighted by Gasteiger charge is 2.37. The first-order valence-corrected chi connectivity index (χ1v) is 9.08. The van der Waals surface area contributed by atoms with E-state index < -0.39 is 0 Å². The number of hydrogen-bond acceptors (Lipinski definition) is 4. The Kier molecular flexibility index (Phi) is 4.53. The summed E-state index contributed by atoms with van der Waals surface area (Å²) in [5.74, 6) is 0.766. The third-order valence-electron chi connectivity index (χ3n) is 5.45. The molecule has 3 aliphatic heterocycles. The van der Waals surface area contributed by atoms with Crippen LogP contribution in [0.1, 0.15) is 24.1 Å². The first kappa shape index (κ1) is 16.3. The monoisotopic (exact) mass is 339 g/mol. The number of pyridine rings is 1. The highest BCUT2D eigenvalue weighted by atomic mass is 16.2. The van der Waals surface area contributed by atoms with Gasteiger partial charge in [-0.1, -0.05) is 6.07 Å². The lowest BCUT2D eigenvalue weighted by Gasteiger charge is -2.36. The van der Waals surface area contributed by atoms with Gasteiger partial charge in [-0.3, -0.25) is 19.4 Å². The Bertz CT molecular complexity index is 728. The molecule has 1 amide bonds. The van der Waals surface area contributed by atoms with Crippen molar-refractivity contribution in [3.8, 4) is 0 Å². The number of carbonyl (C=O) groups excluding carboxylic acids is 1. The van der Waals surface area contributed by atoms with Crippen molar-refractivity contribution >= 4 is 5.91 Å². The van der Waals surface area contributed by atoms with Crippen molar-refractivity contribution in [2.45, 2.75) is 38.9 Å². The van der Waals surface area contributed by atoms with Crippen LogP contribution in [-0.2, 0) is 17.9 Å². The fourth-order valence-corrected chi connectivity index (χ4v) is 4.15. The molecule has 0 aromatic carbocycles. The van der Waals surface area contributed by atoms with Gasteiger partial charge in [0.25, 0.3) is 0 Å². The Morgan fingerprint density at radius 1 is 1.20 bits per heavy atom. The summed E-state index contributed by atoms with van der Waals surface area (Å²) in [4.78, 5) is 21.7. The van der Waals surface area contributed by atoms with Crippen molar-refractivity contribution in [1.29, 1.82) is 0 Å². The smallest absolute Gasteiger partial charge is 0.244 e. The molecule has 2 atom stereocenters. The van der Waals surface area contributed by atoms with Gasteiger partial charge in [-0.05, 0) is 43.4 Å². The summed E-state index contributed by atoms with van der Waals surface area (Å²) in [6, 6.07) is 6.38. The molecular formula is C19H25N5O. The average Bonchev–Trinajstić information content (AvgIpc) is 2.82. The molecule has 3 fully saturated rings. The average molecular weight is 339 g/mol. The van der Waals surface area contributed by atoms with Crippen LogP contribution in [0.5, 0.6) is 0 Å². The van der Waals surface area contributed by atoms with Gasteiger partial charge in [0.05, 0.1) is 0 Å². The normalized spacial score (nSPS) is 23.6. The molecule has 132 valence electrons. The number of fused-ring (bicyclic) bond motifs is 4. The Hall–Kier alpha value is -2.21. The molecule has 0 N–H and O–H groups in total. The molecule has 6 nitrogen and oxygen atoms in total. The number of hydrogen-bond donors (Lipinski definition) is 0. The highest BCUT2D eigenvalue weighted by molar-refractivity contribution is 5.76. The highest BCUT2D eigenvalue weighted by Crippen LogP contribution is 2.29. The zero-order valence-electron chi connectivity index (χ0n) is 14.7. The molecule has 0 unspecified atom stereocenters. The third-order valence-corrected chi connectivity index (χ3v) is 5.45. The lowest BCUT2D eigenvalue weighted by Crippen LogP contribution is -2.48. The van der Waals surface area contributed by atoms with E-state index in [1.807, 2.05) is 31.5 Å². The van der Waals surface area contributed by atoms with Gasteiger partial charge in [0, 0.05) is 56.5 Å². The lowest BCUT2D eigenvalue weighted by atomic mass is 9.95. The van der Waals surface area contributed by atoms with E-state index in [1.54, 1.807) is 10.9 Å². The molecule has 25 heavy (non-hydrogen) atoms. The van der Waals surface area contributed by atoms with Crippen molar-refractivity contribution in [2.75, 3.05) is 19.6 Å². The van der Waals surface area contributed by atoms with Crippen molar-refractivity contribution in [1.82, 2.24) is 24.6 Å². The van der Waals surface area contributed by atoms with E-state index >= 15 is 0 Å². The predicted molar refractivity (Wildman–Crippen MR) is 94.7 cm³/mol. The van der Waals surface area contributed by atoms with Gasteiger partial charge in [-0.25, -0.2) is 0 Å². The van der Waals surface area contributed by atoms with Crippen LogP contribution in [0.25, 0.3) is 0 Å². The minimum absolute atomic E-state index is 0.199. The third kappa shape index (κ3) is 3.58. The van der Waals surface area contributed by atoms with Crippen molar-refractivity contribution in [3.05, 3.63) is 48.0 Å². The largest absolute Gasteiger partial charge is 0.336 e. The van der Waals surface area contributed by atoms with Crippen LogP contribution >= 0.6 is 0 Å². The maximum Gasteiger partial charge on any atom is 0.244 e. The van der Waals surface area contributed by atoms with Crippen LogP contribution in [0.15, 0.2) is 36.8 Å². The first-order valence-electron chi connectivity index (χ1n) is 9.08. The van der Waals surface area contributed by atoms with Gasteiger partial charge < -0.3 is 4.90 Å². The number of carbonyl (C=O) groups is 1. The Balaban J connectivity index is 1.44. The van der Waals surface area contributed by atoms with Crippen LogP contribution < -0.4 is 0 Å². The van der Waals surface area contributed by atoms with E-state index in [0.29, 0.717) is 18.5 Å². The van der Waals surface area contributed by atoms with Crippen LogP contribution in [0.2, 0.25) is 0 Å². The molecule has 5 heterocycles. The number of amides is 1. The first-order chi connectivity index (χ1) is 12.2. The second-order valence-corrected chi connectivity index (χ2v) is 7.33. The zero-order valence-corrected chi connectivity index (χ0v) is 14.7. The molecule has 0 spiro atoms. The summed E-state index contributed by atoms with van der Waals surface area (Å²) < 4.78 is 1.80. The fourth-order valence-electron chi connectivity index (χ4n) is 4.15. The number of rotatable bonds is 4. The maximum atomic E-state index is 12.9. The number of aryl methyl sites for hydroxylation is 1. The van der Waals surface area contributed by atoms with Gasteiger partial charge >= 0.3 is 0 Å². The van der Waals surface area contributed by atoms with E-state index in [-0.39, 0.29) is 5.91 Å². The summed E-state index contributed by atoms with van der Waals surface area (Å²) in [5.41, 5.74) is 2.28. The lowest BCUT2D eigenvalue weighted by molar-refractivity contribution is -0.136. The second-order valence-electron chi connectivity index (χ2n) is 7.33. The van der Waals surface area contributed by atoms with Crippen molar-refractivity contribution in [2.24, 2.45) is 5.92 Å². The predicted octanol–water partition coefficient (Wildman–Crippen LogP) is 1.71. The molecular weight excluding hydrogens is 314 g/mol. The van der Waals surface area contributed by atoms with Crippen LogP contribution in [0, 0.1) is 12.8 Å². The quantitative estimate of drug-likeness (QED) is 0.851. The molecule has 3 saturated heterocycles. The minimum atomic E-state index is 0.199. The van der Waals surface area contributed by atoms with E-state index in [0.717, 1.165) is 38.3 Å². The van der Waals surface area contributed by atoms with E-state index in [2.05, 4.69) is 25.9 Å². The summed E-state index contributed by atoms with van der Waals surface area (Å²) in [5, 5.41) is 4.26. The van der Waals surface area contributed by atoms with E-state index in [1.165, 1.54) is 12.0 Å². The number of aromatic nitrogens is 3. The van der Waals surface area contributed by atoms with Gasteiger partial charge in [0.15, 0.2) is 0 Å². The Labute approximate surface area is 148 Å². The zero-order chi connectivity index (χ0) is 17.2. The molecule has 5 rings (SSSR count). The second kappa shape index (κ2) is 6.96. The maximum absolute atomic E-state index is 12.9. The van der Waals surface area contributed by atoms with Crippen molar-refractivity contribution < 1.29 is 4.79 Å². The standard InChI is InChI=1S/C19H25N5O/c1-15-6-8-21-24(15)14-19(25)23-12-17-4-5-18(23)13-22(11-17)10-16-3-2-7-20-9-16/h2-3,6-9,17-18H,4-5,10-14H2,1H3/t17-,18+/m1/s1. The van der Waals surface area contributed by atoms with Crippen LogP contribution in [0.3, 0.4) is 0 Å². The molecule has 0 aliphatic carbocycles. The summed E-state index contributed by atoms with van der Waals surface area (Å²) >= 11 is 0. The molecule has 0 saturated carbocycles.